The Morgan fingerprint density at radius 2 is 2.12 bits per heavy atom. The third kappa shape index (κ3) is 2.71. The Morgan fingerprint density at radius 1 is 1.21 bits per heavy atom. The minimum Gasteiger partial charge on any atom is -0.361 e. The van der Waals surface area contributed by atoms with Crippen LogP contribution < -0.4 is 0 Å². The number of benzene rings is 1. The van der Waals surface area contributed by atoms with E-state index in [1.54, 1.807) is 0 Å². The second-order valence-electron chi connectivity index (χ2n) is 7.23. The van der Waals surface area contributed by atoms with E-state index in [0.29, 0.717) is 0 Å². The van der Waals surface area contributed by atoms with Crippen molar-refractivity contribution in [3.05, 3.63) is 59.3 Å². The van der Waals surface area contributed by atoms with Gasteiger partial charge in [-0.25, -0.2) is 9.97 Å². The van der Waals surface area contributed by atoms with E-state index in [2.05, 4.69) is 51.5 Å². The molecule has 4 nitrogen and oxygen atoms in total. The van der Waals surface area contributed by atoms with E-state index in [9.17, 15) is 0 Å². The fourth-order valence-corrected chi connectivity index (χ4v) is 3.72. The van der Waals surface area contributed by atoms with Crippen LogP contribution in [0.1, 0.15) is 35.5 Å². The van der Waals surface area contributed by atoms with Gasteiger partial charge in [0.15, 0.2) is 0 Å². The van der Waals surface area contributed by atoms with Crippen molar-refractivity contribution in [2.45, 2.75) is 38.8 Å². The SMILES string of the molecule is c1ccc2c(CN3CCc4cnc(CC5CC5)nc4C3)c[nH]c2c1. The van der Waals surface area contributed by atoms with Crippen molar-refractivity contribution in [1.29, 1.82) is 0 Å². The Morgan fingerprint density at radius 3 is 3.04 bits per heavy atom. The molecule has 0 bridgehead atoms. The number of nitrogens with zero attached hydrogens (tertiary/aromatic N) is 3. The number of hydrogen-bond donors (Lipinski definition) is 1. The maximum Gasteiger partial charge on any atom is 0.128 e. The van der Waals surface area contributed by atoms with Gasteiger partial charge in [-0.05, 0) is 42.4 Å². The summed E-state index contributed by atoms with van der Waals surface area (Å²) in [5, 5.41) is 1.33. The molecule has 1 aliphatic heterocycles. The second kappa shape index (κ2) is 5.71. The van der Waals surface area contributed by atoms with Gasteiger partial charge in [-0.2, -0.15) is 0 Å². The molecule has 1 N–H and O–H groups in total. The molecule has 24 heavy (non-hydrogen) atoms. The maximum absolute atomic E-state index is 4.87. The quantitative estimate of drug-likeness (QED) is 0.801. The Bertz CT molecular complexity index is 878. The Hall–Kier alpha value is -2.20. The van der Waals surface area contributed by atoms with Gasteiger partial charge in [0.05, 0.1) is 5.69 Å². The third-order valence-electron chi connectivity index (χ3n) is 5.31. The van der Waals surface area contributed by atoms with Crippen LogP contribution in [0.4, 0.5) is 0 Å². The molecule has 2 aromatic heterocycles. The van der Waals surface area contributed by atoms with Crippen LogP contribution >= 0.6 is 0 Å². The topological polar surface area (TPSA) is 44.8 Å². The minimum absolute atomic E-state index is 0.842. The molecule has 122 valence electrons. The van der Waals surface area contributed by atoms with Crippen molar-refractivity contribution >= 4 is 10.9 Å². The molecule has 2 aliphatic rings. The third-order valence-corrected chi connectivity index (χ3v) is 5.31. The van der Waals surface area contributed by atoms with Crippen molar-refractivity contribution < 1.29 is 0 Å². The Labute approximate surface area is 141 Å². The minimum atomic E-state index is 0.842. The van der Waals surface area contributed by atoms with Crippen LogP contribution in [0.5, 0.6) is 0 Å². The number of fused-ring (bicyclic) bond motifs is 2. The lowest BCUT2D eigenvalue weighted by Gasteiger charge is -2.27. The summed E-state index contributed by atoms with van der Waals surface area (Å²) in [6.45, 7) is 3.00. The number of aromatic amines is 1. The van der Waals surface area contributed by atoms with Crippen LogP contribution in [0.2, 0.25) is 0 Å². The zero-order valence-corrected chi connectivity index (χ0v) is 13.8. The van der Waals surface area contributed by atoms with Crippen LogP contribution in [0.15, 0.2) is 36.7 Å². The molecule has 1 saturated carbocycles. The summed E-state index contributed by atoms with van der Waals surface area (Å²) in [5.41, 5.74) is 5.18. The van der Waals surface area contributed by atoms with E-state index in [1.807, 2.05) is 0 Å². The van der Waals surface area contributed by atoms with Crippen LogP contribution in [0, 0.1) is 5.92 Å². The highest BCUT2D eigenvalue weighted by Gasteiger charge is 2.24. The fourth-order valence-electron chi connectivity index (χ4n) is 3.72. The smallest absolute Gasteiger partial charge is 0.128 e. The summed E-state index contributed by atoms with van der Waals surface area (Å²) in [5.74, 6) is 1.89. The number of hydrogen-bond acceptors (Lipinski definition) is 3. The first-order valence-electron chi connectivity index (χ1n) is 8.96. The number of aromatic nitrogens is 3. The highest BCUT2D eigenvalue weighted by molar-refractivity contribution is 5.82. The lowest BCUT2D eigenvalue weighted by molar-refractivity contribution is 0.241. The zero-order valence-electron chi connectivity index (χ0n) is 13.8. The van der Waals surface area contributed by atoms with Gasteiger partial charge in [0.25, 0.3) is 0 Å². The van der Waals surface area contributed by atoms with Gasteiger partial charge in [0.2, 0.25) is 0 Å². The first kappa shape index (κ1) is 14.2. The monoisotopic (exact) mass is 318 g/mol. The van der Waals surface area contributed by atoms with Gasteiger partial charge in [-0.3, -0.25) is 4.90 Å². The second-order valence-corrected chi connectivity index (χ2v) is 7.23. The standard InChI is InChI=1S/C20H22N4/c1-2-4-18-17(3-1)16(11-21-18)12-24-8-7-15-10-22-20(9-14-5-6-14)23-19(15)13-24/h1-4,10-11,14,21H,5-9,12-13H2. The van der Waals surface area contributed by atoms with Gasteiger partial charge in [0, 0.05) is 49.4 Å². The van der Waals surface area contributed by atoms with Crippen LogP contribution in [-0.4, -0.2) is 26.4 Å². The summed E-state index contributed by atoms with van der Waals surface area (Å²) in [4.78, 5) is 15.3. The summed E-state index contributed by atoms with van der Waals surface area (Å²) < 4.78 is 0. The molecule has 0 spiro atoms. The highest BCUT2D eigenvalue weighted by atomic mass is 15.1. The molecule has 1 aromatic carbocycles. The number of H-pyrrole nitrogens is 1. The normalized spacial score (nSPS) is 18.0. The molecule has 3 heterocycles. The first-order valence-corrected chi connectivity index (χ1v) is 8.96. The van der Waals surface area contributed by atoms with E-state index < -0.39 is 0 Å². The number of para-hydroxylation sites is 1. The fraction of sp³-hybridized carbons (Fsp3) is 0.400. The van der Waals surface area contributed by atoms with Crippen LogP contribution in [0.25, 0.3) is 10.9 Å². The van der Waals surface area contributed by atoms with Gasteiger partial charge < -0.3 is 4.98 Å². The van der Waals surface area contributed by atoms with Gasteiger partial charge in [0.1, 0.15) is 5.82 Å². The Balaban J connectivity index is 1.35. The average molecular weight is 318 g/mol. The lowest BCUT2D eigenvalue weighted by Crippen LogP contribution is -2.31. The van der Waals surface area contributed by atoms with Crippen molar-refractivity contribution in [1.82, 2.24) is 19.9 Å². The van der Waals surface area contributed by atoms with Crippen molar-refractivity contribution in [2.75, 3.05) is 6.54 Å². The van der Waals surface area contributed by atoms with E-state index in [-0.39, 0.29) is 0 Å². The average Bonchev–Trinajstić information content (AvgIpc) is 3.34. The Kier molecular flexibility index (Phi) is 3.37. The van der Waals surface area contributed by atoms with E-state index in [4.69, 9.17) is 4.98 Å². The van der Waals surface area contributed by atoms with Crippen molar-refractivity contribution in [3.8, 4) is 0 Å². The van der Waals surface area contributed by atoms with Gasteiger partial charge >= 0.3 is 0 Å². The molecule has 0 amide bonds. The molecule has 5 rings (SSSR count). The molecule has 3 aromatic rings. The molecule has 4 heteroatoms. The molecular weight excluding hydrogens is 296 g/mol. The summed E-state index contributed by atoms with van der Waals surface area (Å²) in [7, 11) is 0. The maximum atomic E-state index is 4.87. The van der Waals surface area contributed by atoms with Crippen molar-refractivity contribution in [2.24, 2.45) is 5.92 Å². The van der Waals surface area contributed by atoms with Gasteiger partial charge in [-0.15, -0.1) is 0 Å². The van der Waals surface area contributed by atoms with Gasteiger partial charge in [-0.1, -0.05) is 18.2 Å². The van der Waals surface area contributed by atoms with Crippen molar-refractivity contribution in [3.63, 3.8) is 0 Å². The van der Waals surface area contributed by atoms with E-state index >= 15 is 0 Å². The largest absolute Gasteiger partial charge is 0.361 e. The lowest BCUT2D eigenvalue weighted by atomic mass is 10.1. The molecule has 0 unspecified atom stereocenters. The molecule has 1 aliphatic carbocycles. The van der Waals surface area contributed by atoms with E-state index in [0.717, 1.165) is 44.2 Å². The highest BCUT2D eigenvalue weighted by Crippen LogP contribution is 2.32. The molecule has 1 fully saturated rings. The van der Waals surface area contributed by atoms with E-state index in [1.165, 1.54) is 40.6 Å². The molecule has 0 radical (unpaired) electrons. The molecular formula is C20H22N4. The van der Waals surface area contributed by atoms with Crippen LogP contribution in [0.3, 0.4) is 0 Å². The van der Waals surface area contributed by atoms with Crippen LogP contribution in [-0.2, 0) is 25.9 Å². The first-order chi connectivity index (χ1) is 11.8. The predicted molar refractivity (Wildman–Crippen MR) is 94.6 cm³/mol. The summed E-state index contributed by atoms with van der Waals surface area (Å²) >= 11 is 0. The predicted octanol–water partition coefficient (Wildman–Crippen LogP) is 3.47. The summed E-state index contributed by atoms with van der Waals surface area (Å²) in [6, 6.07) is 8.54. The molecule has 0 saturated heterocycles. The molecule has 0 atom stereocenters. The number of nitrogens with one attached hydrogen (secondary N) is 1. The zero-order chi connectivity index (χ0) is 15.9. The summed E-state index contributed by atoms with van der Waals surface area (Å²) in [6.07, 6.45) is 9.05. The number of rotatable bonds is 4.